The summed E-state index contributed by atoms with van der Waals surface area (Å²) in [4.78, 5) is 4.22. The number of nitrogens with one attached hydrogen (secondary N) is 1. The molecule has 1 aromatic carbocycles. The molecule has 112 valence electrons. The van der Waals surface area contributed by atoms with E-state index < -0.39 is 10.0 Å². The van der Waals surface area contributed by atoms with E-state index in [2.05, 4.69) is 25.6 Å². The van der Waals surface area contributed by atoms with E-state index in [1.54, 1.807) is 38.2 Å². The predicted octanol–water partition coefficient (Wildman–Crippen LogP) is 3.15. The van der Waals surface area contributed by atoms with Crippen molar-refractivity contribution in [3.63, 3.8) is 0 Å². The molecule has 0 bridgehead atoms. The van der Waals surface area contributed by atoms with Crippen LogP contribution in [-0.4, -0.2) is 13.4 Å². The van der Waals surface area contributed by atoms with Gasteiger partial charge in [-0.25, -0.2) is 13.4 Å². The van der Waals surface area contributed by atoms with Gasteiger partial charge >= 0.3 is 0 Å². The molecule has 0 spiro atoms. The van der Waals surface area contributed by atoms with Crippen LogP contribution in [0.1, 0.15) is 16.7 Å². The van der Waals surface area contributed by atoms with Crippen LogP contribution in [0.5, 0.6) is 0 Å². The zero-order chi connectivity index (χ0) is 15.8. The fraction of sp³-hybridized carbons (Fsp3) is 0.214. The Balaban J connectivity index is 2.45. The zero-order valence-electron chi connectivity index (χ0n) is 11.9. The molecule has 0 atom stereocenters. The van der Waals surface area contributed by atoms with E-state index in [1.807, 2.05) is 6.92 Å². The van der Waals surface area contributed by atoms with Crippen molar-refractivity contribution in [1.82, 2.24) is 4.98 Å². The van der Waals surface area contributed by atoms with Crippen LogP contribution in [0.3, 0.4) is 0 Å². The molecular formula is C14H16BrN3O2S. The van der Waals surface area contributed by atoms with Crippen molar-refractivity contribution in [3.8, 4) is 0 Å². The number of nitrogen functional groups attached to an aromatic ring is 1. The summed E-state index contributed by atoms with van der Waals surface area (Å²) in [5.41, 5.74) is 8.51. The van der Waals surface area contributed by atoms with Gasteiger partial charge in [-0.2, -0.15) is 0 Å². The molecule has 0 saturated carbocycles. The average Bonchev–Trinajstić information content (AvgIpc) is 2.37. The fourth-order valence-corrected chi connectivity index (χ4v) is 3.50. The number of halogens is 1. The molecule has 0 aliphatic heterocycles. The highest BCUT2D eigenvalue weighted by Crippen LogP contribution is 2.25. The monoisotopic (exact) mass is 369 g/mol. The molecule has 2 aromatic rings. The fourth-order valence-electron chi connectivity index (χ4n) is 1.92. The van der Waals surface area contributed by atoms with Crippen molar-refractivity contribution in [3.05, 3.63) is 45.6 Å². The molecule has 1 heterocycles. The molecule has 0 aliphatic carbocycles. The first-order chi connectivity index (χ1) is 9.70. The van der Waals surface area contributed by atoms with Gasteiger partial charge in [-0.15, -0.1) is 0 Å². The van der Waals surface area contributed by atoms with Gasteiger partial charge in [0.05, 0.1) is 4.90 Å². The highest BCUT2D eigenvalue weighted by Gasteiger charge is 2.19. The standard InChI is InChI=1S/C14H16BrN3O2S/c1-8-4-12(16)10(3)13(5-8)21(19,20)18-14-6-9(2)11(15)7-17-14/h4-7H,16H2,1-3H3,(H,17,18). The van der Waals surface area contributed by atoms with Crippen molar-refractivity contribution in [2.75, 3.05) is 10.5 Å². The van der Waals surface area contributed by atoms with E-state index in [9.17, 15) is 8.42 Å². The normalized spacial score (nSPS) is 11.4. The lowest BCUT2D eigenvalue weighted by molar-refractivity contribution is 0.600. The van der Waals surface area contributed by atoms with Gasteiger partial charge in [-0.3, -0.25) is 4.72 Å². The molecule has 0 amide bonds. The van der Waals surface area contributed by atoms with Gasteiger partial charge in [0.1, 0.15) is 5.82 Å². The number of rotatable bonds is 3. The SMILES string of the molecule is Cc1cc(N)c(C)c(S(=O)(=O)Nc2cc(C)c(Br)cn2)c1. The second-order valence-electron chi connectivity index (χ2n) is 4.90. The zero-order valence-corrected chi connectivity index (χ0v) is 14.3. The highest BCUT2D eigenvalue weighted by molar-refractivity contribution is 9.10. The van der Waals surface area contributed by atoms with Gasteiger partial charge in [-0.05, 0) is 71.6 Å². The summed E-state index contributed by atoms with van der Waals surface area (Å²) in [6, 6.07) is 5.01. The highest BCUT2D eigenvalue weighted by atomic mass is 79.9. The van der Waals surface area contributed by atoms with E-state index in [1.165, 1.54) is 0 Å². The molecular weight excluding hydrogens is 354 g/mol. The number of pyridine rings is 1. The second kappa shape index (κ2) is 5.65. The van der Waals surface area contributed by atoms with Crippen LogP contribution >= 0.6 is 15.9 Å². The van der Waals surface area contributed by atoms with Crippen LogP contribution in [0.25, 0.3) is 0 Å². The predicted molar refractivity (Wildman–Crippen MR) is 87.8 cm³/mol. The van der Waals surface area contributed by atoms with Crippen LogP contribution in [0.2, 0.25) is 0 Å². The Morgan fingerprint density at radius 2 is 1.86 bits per heavy atom. The van der Waals surface area contributed by atoms with Crippen LogP contribution in [0.15, 0.2) is 33.8 Å². The third-order valence-corrected chi connectivity index (χ3v) is 5.43. The molecule has 0 fully saturated rings. The second-order valence-corrected chi connectivity index (χ2v) is 7.41. The summed E-state index contributed by atoms with van der Waals surface area (Å²) in [6.07, 6.45) is 1.56. The van der Waals surface area contributed by atoms with Crippen molar-refractivity contribution >= 4 is 37.5 Å². The van der Waals surface area contributed by atoms with Crippen molar-refractivity contribution < 1.29 is 8.42 Å². The number of nitrogens with two attached hydrogens (primary N) is 1. The van der Waals surface area contributed by atoms with Crippen molar-refractivity contribution in [2.24, 2.45) is 0 Å². The number of aromatic nitrogens is 1. The molecule has 21 heavy (non-hydrogen) atoms. The Kier molecular flexibility index (Phi) is 4.25. The van der Waals surface area contributed by atoms with Gasteiger partial charge in [0.2, 0.25) is 0 Å². The number of hydrogen-bond donors (Lipinski definition) is 2. The molecule has 1 aromatic heterocycles. The number of anilines is 2. The Morgan fingerprint density at radius 3 is 2.48 bits per heavy atom. The number of aryl methyl sites for hydroxylation is 2. The topological polar surface area (TPSA) is 85.1 Å². The van der Waals surface area contributed by atoms with Crippen LogP contribution < -0.4 is 10.5 Å². The molecule has 0 saturated heterocycles. The largest absolute Gasteiger partial charge is 0.398 e. The molecule has 5 nitrogen and oxygen atoms in total. The Labute approximate surface area is 132 Å². The van der Waals surface area contributed by atoms with Gasteiger partial charge in [-0.1, -0.05) is 0 Å². The van der Waals surface area contributed by atoms with E-state index in [0.717, 1.165) is 15.6 Å². The third kappa shape index (κ3) is 3.36. The van der Waals surface area contributed by atoms with Gasteiger partial charge in [0, 0.05) is 16.4 Å². The minimum absolute atomic E-state index is 0.169. The maximum Gasteiger partial charge on any atom is 0.263 e. The van der Waals surface area contributed by atoms with E-state index >= 15 is 0 Å². The lowest BCUT2D eigenvalue weighted by Crippen LogP contribution is -2.16. The lowest BCUT2D eigenvalue weighted by Gasteiger charge is -2.13. The Bertz CT molecular complexity index is 804. The first kappa shape index (κ1) is 15.8. The molecule has 3 N–H and O–H groups in total. The van der Waals surface area contributed by atoms with Gasteiger partial charge in [0.15, 0.2) is 0 Å². The Morgan fingerprint density at radius 1 is 1.19 bits per heavy atom. The smallest absolute Gasteiger partial charge is 0.263 e. The third-order valence-electron chi connectivity index (χ3n) is 3.12. The summed E-state index contributed by atoms with van der Waals surface area (Å²) in [7, 11) is -3.73. The van der Waals surface area contributed by atoms with Crippen LogP contribution in [-0.2, 0) is 10.0 Å². The number of hydrogen-bond acceptors (Lipinski definition) is 4. The Hall–Kier alpha value is -1.60. The van der Waals surface area contributed by atoms with Crippen LogP contribution in [0, 0.1) is 20.8 Å². The summed E-state index contributed by atoms with van der Waals surface area (Å²) in [6.45, 7) is 5.35. The van der Waals surface area contributed by atoms with Gasteiger partial charge in [0.25, 0.3) is 10.0 Å². The summed E-state index contributed by atoms with van der Waals surface area (Å²) in [5.74, 6) is 0.273. The number of benzene rings is 1. The van der Waals surface area contributed by atoms with E-state index in [0.29, 0.717) is 11.3 Å². The maximum absolute atomic E-state index is 12.5. The van der Waals surface area contributed by atoms with Crippen LogP contribution in [0.4, 0.5) is 11.5 Å². The lowest BCUT2D eigenvalue weighted by atomic mass is 10.1. The quantitative estimate of drug-likeness (QED) is 0.813. The summed E-state index contributed by atoms with van der Waals surface area (Å²) >= 11 is 3.33. The first-order valence-electron chi connectivity index (χ1n) is 6.22. The van der Waals surface area contributed by atoms with E-state index in [4.69, 9.17) is 5.73 Å². The summed E-state index contributed by atoms with van der Waals surface area (Å²) in [5, 5.41) is 0. The minimum atomic E-state index is -3.73. The van der Waals surface area contributed by atoms with E-state index in [-0.39, 0.29) is 10.7 Å². The first-order valence-corrected chi connectivity index (χ1v) is 8.50. The van der Waals surface area contributed by atoms with Crippen molar-refractivity contribution in [2.45, 2.75) is 25.7 Å². The minimum Gasteiger partial charge on any atom is -0.398 e. The number of nitrogens with zero attached hydrogens (tertiary/aromatic N) is 1. The van der Waals surface area contributed by atoms with Gasteiger partial charge < -0.3 is 5.73 Å². The number of sulfonamides is 1. The summed E-state index contributed by atoms with van der Waals surface area (Å²) < 4.78 is 28.3. The molecule has 0 aliphatic rings. The molecule has 2 rings (SSSR count). The molecule has 7 heteroatoms. The molecule has 0 unspecified atom stereocenters. The molecule has 0 radical (unpaired) electrons. The average molecular weight is 370 g/mol. The van der Waals surface area contributed by atoms with Crippen molar-refractivity contribution in [1.29, 1.82) is 0 Å². The maximum atomic E-state index is 12.5.